The first-order valence-corrected chi connectivity index (χ1v) is 6.72. The summed E-state index contributed by atoms with van der Waals surface area (Å²) in [5.74, 6) is 0.705. The number of rotatable bonds is 4. The highest BCUT2D eigenvalue weighted by molar-refractivity contribution is 5.92. The average molecular weight is 249 g/mol. The lowest BCUT2D eigenvalue weighted by molar-refractivity contribution is 0.0718. The Balaban J connectivity index is 1.70. The zero-order valence-electron chi connectivity index (χ0n) is 10.7. The van der Waals surface area contributed by atoms with Gasteiger partial charge in [0.05, 0.1) is 0 Å². The summed E-state index contributed by atoms with van der Waals surface area (Å²) in [5, 5.41) is 7.28. The van der Waals surface area contributed by atoms with Crippen LogP contribution in [0.4, 0.5) is 0 Å². The molecule has 1 saturated heterocycles. The molecule has 1 aromatic rings. The van der Waals surface area contributed by atoms with Gasteiger partial charge >= 0.3 is 0 Å². The summed E-state index contributed by atoms with van der Waals surface area (Å²) in [7, 11) is 0. The van der Waals surface area contributed by atoms with E-state index >= 15 is 0 Å². The zero-order valence-corrected chi connectivity index (χ0v) is 10.7. The van der Waals surface area contributed by atoms with Crippen LogP contribution in [-0.4, -0.2) is 41.1 Å². The van der Waals surface area contributed by atoms with Crippen LogP contribution in [0, 0.1) is 6.92 Å². The predicted molar refractivity (Wildman–Crippen MR) is 66.3 cm³/mol. The number of hydrogen-bond donors (Lipinski definition) is 1. The highest BCUT2D eigenvalue weighted by atomic mass is 16.5. The maximum absolute atomic E-state index is 12.4. The largest absolute Gasteiger partial charge is 0.361 e. The van der Waals surface area contributed by atoms with Gasteiger partial charge in [-0.05, 0) is 39.2 Å². The van der Waals surface area contributed by atoms with E-state index in [1.165, 1.54) is 6.42 Å². The van der Waals surface area contributed by atoms with E-state index in [9.17, 15) is 4.79 Å². The Morgan fingerprint density at radius 1 is 1.56 bits per heavy atom. The molecule has 0 spiro atoms. The van der Waals surface area contributed by atoms with E-state index in [0.717, 1.165) is 32.4 Å². The summed E-state index contributed by atoms with van der Waals surface area (Å²) in [6.07, 6.45) is 4.61. The van der Waals surface area contributed by atoms with Crippen LogP contribution < -0.4 is 5.32 Å². The molecule has 1 atom stereocenters. The minimum atomic E-state index is 0.0167. The first-order valence-electron chi connectivity index (χ1n) is 6.72. The fourth-order valence-corrected chi connectivity index (χ4v) is 2.55. The van der Waals surface area contributed by atoms with Crippen molar-refractivity contribution in [1.29, 1.82) is 0 Å². The Morgan fingerprint density at radius 3 is 2.94 bits per heavy atom. The second-order valence-electron chi connectivity index (χ2n) is 5.30. The van der Waals surface area contributed by atoms with Crippen LogP contribution in [0.2, 0.25) is 0 Å². The highest BCUT2D eigenvalue weighted by Gasteiger charge is 2.35. The molecule has 0 aromatic carbocycles. The molecule has 98 valence electrons. The lowest BCUT2D eigenvalue weighted by Gasteiger charge is -2.24. The van der Waals surface area contributed by atoms with Gasteiger partial charge in [-0.2, -0.15) is 0 Å². The number of nitrogens with one attached hydrogen (secondary N) is 1. The molecule has 5 heteroatoms. The number of carbonyl (C=O) groups is 1. The Bertz CT molecular complexity index is 433. The molecule has 1 amide bonds. The maximum atomic E-state index is 12.4. The Morgan fingerprint density at radius 2 is 2.39 bits per heavy atom. The van der Waals surface area contributed by atoms with Gasteiger partial charge in [0.15, 0.2) is 5.69 Å². The number of nitrogens with zero attached hydrogens (tertiary/aromatic N) is 2. The molecule has 1 aliphatic carbocycles. The average Bonchev–Trinajstić information content (AvgIpc) is 2.88. The van der Waals surface area contributed by atoms with Gasteiger partial charge in [-0.15, -0.1) is 0 Å². The number of aromatic nitrogens is 1. The van der Waals surface area contributed by atoms with Crippen molar-refractivity contribution in [2.24, 2.45) is 0 Å². The molecular weight excluding hydrogens is 230 g/mol. The van der Waals surface area contributed by atoms with E-state index in [1.807, 2.05) is 11.8 Å². The van der Waals surface area contributed by atoms with Crippen LogP contribution in [0.5, 0.6) is 0 Å². The molecule has 1 unspecified atom stereocenters. The Labute approximate surface area is 107 Å². The molecule has 0 bridgehead atoms. The highest BCUT2D eigenvalue weighted by Crippen LogP contribution is 2.29. The van der Waals surface area contributed by atoms with Crippen molar-refractivity contribution >= 4 is 5.91 Å². The van der Waals surface area contributed by atoms with Crippen molar-refractivity contribution in [3.8, 4) is 0 Å². The summed E-state index contributed by atoms with van der Waals surface area (Å²) in [4.78, 5) is 14.4. The van der Waals surface area contributed by atoms with Gasteiger partial charge < -0.3 is 14.7 Å². The minimum Gasteiger partial charge on any atom is -0.361 e. The molecule has 18 heavy (non-hydrogen) atoms. The fourth-order valence-electron chi connectivity index (χ4n) is 2.55. The molecule has 1 saturated carbocycles. The number of hydrogen-bond acceptors (Lipinski definition) is 4. The number of aryl methyl sites for hydroxylation is 1. The van der Waals surface area contributed by atoms with Crippen LogP contribution in [0.15, 0.2) is 10.6 Å². The van der Waals surface area contributed by atoms with Gasteiger partial charge in [-0.3, -0.25) is 4.79 Å². The van der Waals surface area contributed by atoms with Gasteiger partial charge in [0, 0.05) is 24.7 Å². The predicted octanol–water partition coefficient (Wildman–Crippen LogP) is 1.34. The molecule has 1 N–H and O–H groups in total. The first kappa shape index (κ1) is 11.7. The maximum Gasteiger partial charge on any atom is 0.276 e. The summed E-state index contributed by atoms with van der Waals surface area (Å²) in [5.41, 5.74) is 0.442. The van der Waals surface area contributed by atoms with E-state index < -0.39 is 0 Å². The molecule has 2 heterocycles. The lowest BCUT2D eigenvalue weighted by atomic mass is 10.2. The van der Waals surface area contributed by atoms with Gasteiger partial charge in [-0.25, -0.2) is 0 Å². The minimum absolute atomic E-state index is 0.0167. The lowest BCUT2D eigenvalue weighted by Crippen LogP contribution is -2.42. The third-order valence-electron chi connectivity index (χ3n) is 3.68. The van der Waals surface area contributed by atoms with Crippen molar-refractivity contribution in [2.45, 2.75) is 44.7 Å². The molecule has 3 rings (SSSR count). The molecule has 1 aromatic heterocycles. The quantitative estimate of drug-likeness (QED) is 0.875. The summed E-state index contributed by atoms with van der Waals surface area (Å²) in [6, 6.07) is 2.58. The molecular formula is C13H19N3O2. The zero-order chi connectivity index (χ0) is 12.5. The normalized spacial score (nSPS) is 23.3. The molecule has 1 aliphatic heterocycles. The van der Waals surface area contributed by atoms with Crippen molar-refractivity contribution in [3.05, 3.63) is 17.5 Å². The van der Waals surface area contributed by atoms with Crippen molar-refractivity contribution in [1.82, 2.24) is 15.4 Å². The Kier molecular flexibility index (Phi) is 3.07. The molecule has 2 aliphatic rings. The summed E-state index contributed by atoms with van der Waals surface area (Å²) < 4.78 is 4.99. The van der Waals surface area contributed by atoms with E-state index in [4.69, 9.17) is 4.52 Å². The van der Waals surface area contributed by atoms with Gasteiger partial charge in [0.1, 0.15) is 5.76 Å². The monoisotopic (exact) mass is 249 g/mol. The number of carbonyl (C=O) groups excluding carboxylic acids is 1. The van der Waals surface area contributed by atoms with Crippen molar-refractivity contribution in [2.75, 3.05) is 13.1 Å². The van der Waals surface area contributed by atoms with E-state index in [0.29, 0.717) is 23.5 Å². The van der Waals surface area contributed by atoms with Crippen LogP contribution in [0.3, 0.4) is 0 Å². The standard InChI is InChI=1S/C13H19N3O2/c1-9-7-12(15-18-9)13(17)16(11-4-5-11)8-10-3-2-6-14-10/h7,10-11,14H,2-6,8H2,1H3. The second kappa shape index (κ2) is 4.72. The molecule has 0 radical (unpaired) electrons. The van der Waals surface area contributed by atoms with Crippen LogP contribution in [-0.2, 0) is 0 Å². The fraction of sp³-hybridized carbons (Fsp3) is 0.692. The Hall–Kier alpha value is -1.36. The SMILES string of the molecule is Cc1cc(C(=O)N(CC2CCCN2)C2CC2)no1. The third kappa shape index (κ3) is 2.41. The van der Waals surface area contributed by atoms with Crippen molar-refractivity contribution in [3.63, 3.8) is 0 Å². The summed E-state index contributed by atoms with van der Waals surface area (Å²) in [6.45, 7) is 3.68. The third-order valence-corrected chi connectivity index (χ3v) is 3.68. The smallest absolute Gasteiger partial charge is 0.276 e. The van der Waals surface area contributed by atoms with Crippen LogP contribution >= 0.6 is 0 Å². The number of amides is 1. The topological polar surface area (TPSA) is 58.4 Å². The van der Waals surface area contributed by atoms with E-state index in [1.54, 1.807) is 6.07 Å². The van der Waals surface area contributed by atoms with Gasteiger partial charge in [0.2, 0.25) is 0 Å². The molecule has 2 fully saturated rings. The van der Waals surface area contributed by atoms with E-state index in [2.05, 4.69) is 10.5 Å². The van der Waals surface area contributed by atoms with Crippen LogP contribution in [0.25, 0.3) is 0 Å². The van der Waals surface area contributed by atoms with Crippen LogP contribution in [0.1, 0.15) is 41.9 Å². The second-order valence-corrected chi connectivity index (χ2v) is 5.30. The van der Waals surface area contributed by atoms with E-state index in [-0.39, 0.29) is 5.91 Å². The van der Waals surface area contributed by atoms with Gasteiger partial charge in [0.25, 0.3) is 5.91 Å². The molecule has 5 nitrogen and oxygen atoms in total. The van der Waals surface area contributed by atoms with Crippen molar-refractivity contribution < 1.29 is 9.32 Å². The first-order chi connectivity index (χ1) is 8.74. The summed E-state index contributed by atoms with van der Waals surface area (Å²) >= 11 is 0. The van der Waals surface area contributed by atoms with Gasteiger partial charge in [-0.1, -0.05) is 5.16 Å².